The van der Waals surface area contributed by atoms with Gasteiger partial charge in [0.1, 0.15) is 17.3 Å². The van der Waals surface area contributed by atoms with E-state index in [9.17, 15) is 14.0 Å². The summed E-state index contributed by atoms with van der Waals surface area (Å²) in [4.78, 5) is 23.3. The van der Waals surface area contributed by atoms with E-state index >= 15 is 0 Å². The Kier molecular flexibility index (Phi) is 7.50. The highest BCUT2D eigenvalue weighted by atomic mass is 35.5. The van der Waals surface area contributed by atoms with Crippen LogP contribution in [-0.2, 0) is 16.0 Å². The first-order chi connectivity index (χ1) is 14.9. The second kappa shape index (κ2) is 10.3. The molecule has 3 aromatic rings. The maximum absolute atomic E-state index is 13.0. The molecule has 0 aromatic heterocycles. The van der Waals surface area contributed by atoms with Crippen molar-refractivity contribution in [3.8, 4) is 11.5 Å². The first kappa shape index (κ1) is 22.6. The Labute approximate surface area is 188 Å². The molecule has 0 spiro atoms. The summed E-state index contributed by atoms with van der Waals surface area (Å²) in [6.07, 6.45) is 0.432. The number of halogens is 3. The Bertz CT molecular complexity index is 1060. The molecule has 0 amide bonds. The van der Waals surface area contributed by atoms with Crippen LogP contribution in [0.25, 0.3) is 0 Å². The van der Waals surface area contributed by atoms with Gasteiger partial charge in [0, 0.05) is 16.5 Å². The van der Waals surface area contributed by atoms with Crippen LogP contribution in [0, 0.1) is 5.82 Å². The summed E-state index contributed by atoms with van der Waals surface area (Å²) in [5, 5.41) is 0.776. The summed E-state index contributed by atoms with van der Waals surface area (Å²) in [6.45, 7) is -0.249. The van der Waals surface area contributed by atoms with Crippen LogP contribution in [0.5, 0.6) is 11.5 Å². The fraction of sp³-hybridized carbons (Fsp3) is 0.130. The summed E-state index contributed by atoms with van der Waals surface area (Å²) >= 11 is 12.7. The molecule has 0 bridgehead atoms. The van der Waals surface area contributed by atoms with E-state index < -0.39 is 17.8 Å². The van der Waals surface area contributed by atoms with Crippen molar-refractivity contribution < 1.29 is 28.2 Å². The Balaban J connectivity index is 1.66. The third-order valence-electron chi connectivity index (χ3n) is 4.29. The molecule has 0 aliphatic rings. The molecular weight excluding hydrogens is 446 g/mol. The van der Waals surface area contributed by atoms with Crippen LogP contribution in [0.3, 0.4) is 0 Å². The number of esters is 2. The number of methoxy groups -OCH3 is 1. The van der Waals surface area contributed by atoms with Gasteiger partial charge in [-0.3, -0.25) is 0 Å². The van der Waals surface area contributed by atoms with E-state index in [1.54, 1.807) is 36.4 Å². The largest absolute Gasteiger partial charge is 0.482 e. The maximum Gasteiger partial charge on any atom is 0.343 e. The predicted octanol–water partition coefficient (Wildman–Crippen LogP) is 5.49. The number of hydrogen-bond acceptors (Lipinski definition) is 5. The van der Waals surface area contributed by atoms with Crippen molar-refractivity contribution in [1.82, 2.24) is 0 Å². The lowest BCUT2D eigenvalue weighted by molar-refractivity contribution is -0.142. The zero-order valence-electron chi connectivity index (χ0n) is 16.4. The normalized spacial score (nSPS) is 10.5. The van der Waals surface area contributed by atoms with Gasteiger partial charge in [0.05, 0.1) is 12.7 Å². The molecule has 0 atom stereocenters. The van der Waals surface area contributed by atoms with Crippen molar-refractivity contribution in [2.45, 2.75) is 6.42 Å². The van der Waals surface area contributed by atoms with E-state index in [4.69, 9.17) is 32.7 Å². The smallest absolute Gasteiger partial charge is 0.343 e. The monoisotopic (exact) mass is 462 g/mol. The topological polar surface area (TPSA) is 61.8 Å². The third-order valence-corrected chi connectivity index (χ3v) is 4.97. The van der Waals surface area contributed by atoms with Crippen molar-refractivity contribution >= 4 is 35.1 Å². The predicted molar refractivity (Wildman–Crippen MR) is 115 cm³/mol. The highest BCUT2D eigenvalue weighted by Crippen LogP contribution is 2.32. The minimum Gasteiger partial charge on any atom is -0.482 e. The van der Waals surface area contributed by atoms with Gasteiger partial charge in [0.2, 0.25) is 0 Å². The zero-order valence-corrected chi connectivity index (χ0v) is 17.9. The molecule has 0 saturated carbocycles. The SMILES string of the molecule is COC(=O)COc1cc(Cl)c(Cc2ccc(OC(=O)c3ccc(F)cc3)cc2)c(Cl)c1. The van der Waals surface area contributed by atoms with Crippen LogP contribution in [0.2, 0.25) is 10.0 Å². The molecule has 3 rings (SSSR count). The van der Waals surface area contributed by atoms with Gasteiger partial charge in [-0.05, 0) is 59.7 Å². The second-order valence-corrected chi connectivity index (χ2v) is 7.26. The van der Waals surface area contributed by atoms with Gasteiger partial charge >= 0.3 is 11.9 Å². The van der Waals surface area contributed by atoms with Crippen molar-refractivity contribution in [3.63, 3.8) is 0 Å². The van der Waals surface area contributed by atoms with E-state index in [0.29, 0.717) is 33.5 Å². The average Bonchev–Trinajstić information content (AvgIpc) is 2.76. The molecular formula is C23H17Cl2FO5. The van der Waals surface area contributed by atoms with Crippen LogP contribution in [0.4, 0.5) is 4.39 Å². The Morgan fingerprint density at radius 3 is 2.10 bits per heavy atom. The molecule has 8 heteroatoms. The van der Waals surface area contributed by atoms with Gasteiger partial charge in [0.25, 0.3) is 0 Å². The summed E-state index contributed by atoms with van der Waals surface area (Å²) in [5.41, 5.74) is 1.82. The lowest BCUT2D eigenvalue weighted by atomic mass is 10.0. The van der Waals surface area contributed by atoms with E-state index in [1.165, 1.54) is 31.4 Å². The standard InChI is InChI=1S/C23H17Cl2FO5/c1-29-22(27)13-30-18-11-20(24)19(21(25)12-18)10-14-2-8-17(9-3-14)31-23(28)15-4-6-16(26)7-5-15/h2-9,11-12H,10,13H2,1H3. The Hall–Kier alpha value is -3.09. The maximum atomic E-state index is 13.0. The number of ether oxygens (including phenoxy) is 3. The molecule has 3 aromatic carbocycles. The molecule has 5 nitrogen and oxygen atoms in total. The fourth-order valence-corrected chi connectivity index (χ4v) is 3.27. The summed E-state index contributed by atoms with van der Waals surface area (Å²) < 4.78 is 28.1. The van der Waals surface area contributed by atoms with Gasteiger partial charge in [0.15, 0.2) is 6.61 Å². The highest BCUT2D eigenvalue weighted by Gasteiger charge is 2.13. The van der Waals surface area contributed by atoms with Crippen molar-refractivity contribution in [3.05, 3.63) is 93.2 Å². The second-order valence-electron chi connectivity index (χ2n) is 6.45. The van der Waals surface area contributed by atoms with E-state index in [-0.39, 0.29) is 12.2 Å². The van der Waals surface area contributed by atoms with E-state index in [0.717, 1.165) is 5.56 Å². The summed E-state index contributed by atoms with van der Waals surface area (Å²) in [7, 11) is 1.27. The van der Waals surface area contributed by atoms with Crippen LogP contribution in [0.1, 0.15) is 21.5 Å². The number of benzene rings is 3. The fourth-order valence-electron chi connectivity index (χ4n) is 2.66. The molecule has 0 heterocycles. The van der Waals surface area contributed by atoms with Crippen molar-refractivity contribution in [2.75, 3.05) is 13.7 Å². The van der Waals surface area contributed by atoms with Crippen LogP contribution in [0.15, 0.2) is 60.7 Å². The van der Waals surface area contributed by atoms with Crippen LogP contribution >= 0.6 is 23.2 Å². The molecule has 31 heavy (non-hydrogen) atoms. The molecule has 0 saturated heterocycles. The van der Waals surface area contributed by atoms with Gasteiger partial charge < -0.3 is 14.2 Å². The molecule has 0 aliphatic heterocycles. The Morgan fingerprint density at radius 2 is 1.52 bits per heavy atom. The van der Waals surface area contributed by atoms with Crippen molar-refractivity contribution in [1.29, 1.82) is 0 Å². The number of carbonyl (C=O) groups is 2. The molecule has 160 valence electrons. The zero-order chi connectivity index (χ0) is 22.4. The summed E-state index contributed by atoms with van der Waals surface area (Å²) in [6, 6.07) is 15.1. The number of rotatable bonds is 7. The third kappa shape index (κ3) is 6.20. The molecule has 0 radical (unpaired) electrons. The van der Waals surface area contributed by atoms with Gasteiger partial charge in [-0.1, -0.05) is 35.3 Å². The minimum absolute atomic E-state index is 0.249. The van der Waals surface area contributed by atoms with Crippen LogP contribution < -0.4 is 9.47 Å². The number of carbonyl (C=O) groups excluding carboxylic acids is 2. The van der Waals surface area contributed by atoms with E-state index in [2.05, 4.69) is 4.74 Å². The van der Waals surface area contributed by atoms with Gasteiger partial charge in [-0.15, -0.1) is 0 Å². The molecule has 0 fully saturated rings. The van der Waals surface area contributed by atoms with Crippen LogP contribution in [-0.4, -0.2) is 25.7 Å². The summed E-state index contributed by atoms with van der Waals surface area (Å²) in [5.74, 6) is -0.826. The Morgan fingerprint density at radius 1 is 0.903 bits per heavy atom. The average molecular weight is 463 g/mol. The first-order valence-electron chi connectivity index (χ1n) is 9.10. The first-order valence-corrected chi connectivity index (χ1v) is 9.85. The quantitative estimate of drug-likeness (QED) is 0.342. The molecule has 0 aliphatic carbocycles. The highest BCUT2D eigenvalue weighted by molar-refractivity contribution is 6.36. The minimum atomic E-state index is -0.582. The molecule has 0 unspecified atom stereocenters. The molecule has 0 N–H and O–H groups in total. The lowest BCUT2D eigenvalue weighted by Gasteiger charge is -2.11. The lowest BCUT2D eigenvalue weighted by Crippen LogP contribution is -2.12. The van der Waals surface area contributed by atoms with Gasteiger partial charge in [-0.25, -0.2) is 14.0 Å². The van der Waals surface area contributed by atoms with Crippen molar-refractivity contribution in [2.24, 2.45) is 0 Å². The number of hydrogen-bond donors (Lipinski definition) is 0. The van der Waals surface area contributed by atoms with Gasteiger partial charge in [-0.2, -0.15) is 0 Å². The van der Waals surface area contributed by atoms with E-state index in [1.807, 2.05) is 0 Å².